The maximum Gasteiger partial charge on any atom is 0.282 e. The van der Waals surface area contributed by atoms with Gasteiger partial charge in [0.2, 0.25) is 0 Å². The number of rotatable bonds is 8. The Morgan fingerprint density at radius 3 is 2.50 bits per heavy atom. The molecule has 9 nitrogen and oxygen atoms in total. The lowest BCUT2D eigenvalue weighted by Crippen LogP contribution is -2.56. The molecule has 0 radical (unpaired) electrons. The molecule has 1 aromatic carbocycles. The van der Waals surface area contributed by atoms with Gasteiger partial charge in [-0.15, -0.1) is 0 Å². The van der Waals surface area contributed by atoms with Crippen molar-refractivity contribution in [2.45, 2.75) is 76.0 Å². The summed E-state index contributed by atoms with van der Waals surface area (Å²) in [5.74, 6) is 0.937. The van der Waals surface area contributed by atoms with E-state index >= 15 is 0 Å². The predicted octanol–water partition coefficient (Wildman–Crippen LogP) is 2.98. The Hall–Kier alpha value is -2.27. The highest BCUT2D eigenvalue weighted by Crippen LogP contribution is 2.40. The fourth-order valence-corrected chi connectivity index (χ4v) is 7.35. The number of amides is 1. The molecule has 1 aromatic heterocycles. The summed E-state index contributed by atoms with van der Waals surface area (Å²) in [5, 5.41) is 6.94. The summed E-state index contributed by atoms with van der Waals surface area (Å²) in [6, 6.07) is 12.2. The Kier molecular flexibility index (Phi) is 7.48. The van der Waals surface area contributed by atoms with E-state index in [0.29, 0.717) is 50.1 Å². The molecule has 3 aliphatic rings. The van der Waals surface area contributed by atoms with Gasteiger partial charge >= 0.3 is 0 Å². The van der Waals surface area contributed by atoms with Crippen molar-refractivity contribution in [1.29, 1.82) is 0 Å². The first kappa shape index (κ1) is 25.4. The van der Waals surface area contributed by atoms with Gasteiger partial charge < -0.3 is 9.84 Å². The standard InChI is InChI=1S/C26H37N5O4S/c1-19-16-22(27-26(32)24-17-25(35-28-24)21-8-9-21)10-15-31(19)36(33,34)30-13-11-23(12-14-30)29(2)18-20-6-4-3-5-7-20/h3-7,17,19,21-23H,8-16,18H2,1-2H3,(H,27,32)/t19-,22-/m0/s1. The summed E-state index contributed by atoms with van der Waals surface area (Å²) in [6.07, 6.45) is 4.98. The molecule has 0 unspecified atom stereocenters. The van der Waals surface area contributed by atoms with E-state index in [1.54, 1.807) is 14.7 Å². The Balaban J connectivity index is 1.11. The first-order valence-corrected chi connectivity index (χ1v) is 14.5. The van der Waals surface area contributed by atoms with E-state index in [1.807, 2.05) is 25.1 Å². The molecule has 1 saturated carbocycles. The third kappa shape index (κ3) is 5.66. The van der Waals surface area contributed by atoms with Crippen molar-refractivity contribution in [1.82, 2.24) is 24.0 Å². The quantitative estimate of drug-likeness (QED) is 0.580. The van der Waals surface area contributed by atoms with Gasteiger partial charge in [0, 0.05) is 56.3 Å². The highest BCUT2D eigenvalue weighted by Gasteiger charge is 2.39. The summed E-state index contributed by atoms with van der Waals surface area (Å²) in [5.41, 5.74) is 1.57. The second-order valence-electron chi connectivity index (χ2n) is 10.6. The van der Waals surface area contributed by atoms with E-state index in [0.717, 1.165) is 38.0 Å². The van der Waals surface area contributed by atoms with Crippen LogP contribution in [-0.2, 0) is 16.8 Å². The van der Waals surface area contributed by atoms with Crippen LogP contribution in [0, 0.1) is 0 Å². The molecule has 0 bridgehead atoms. The van der Waals surface area contributed by atoms with Gasteiger partial charge in [0.05, 0.1) is 0 Å². The van der Waals surface area contributed by atoms with Gasteiger partial charge in [-0.3, -0.25) is 9.69 Å². The lowest BCUT2D eigenvalue weighted by Gasteiger charge is -2.42. The number of carbonyl (C=O) groups excluding carboxylic acids is 1. The van der Waals surface area contributed by atoms with E-state index < -0.39 is 10.2 Å². The number of piperidine rings is 2. The molecule has 1 aliphatic carbocycles. The van der Waals surface area contributed by atoms with E-state index in [9.17, 15) is 13.2 Å². The molecule has 2 aliphatic heterocycles. The SMILES string of the molecule is C[C@H]1C[C@@H](NC(=O)c2cc(C3CC3)on2)CCN1S(=O)(=O)N1CCC(N(C)Cc2ccccc2)CC1. The van der Waals surface area contributed by atoms with Gasteiger partial charge in [0.1, 0.15) is 5.76 Å². The fourth-order valence-electron chi connectivity index (χ4n) is 5.50. The largest absolute Gasteiger partial charge is 0.360 e. The Bertz CT molecular complexity index is 1140. The number of hydrogen-bond acceptors (Lipinski definition) is 6. The number of hydrogen-bond donors (Lipinski definition) is 1. The van der Waals surface area contributed by atoms with Gasteiger partial charge in [-0.1, -0.05) is 35.5 Å². The van der Waals surface area contributed by atoms with Gasteiger partial charge in [-0.25, -0.2) is 0 Å². The minimum absolute atomic E-state index is 0.0857. The molecule has 3 fully saturated rings. The zero-order chi connectivity index (χ0) is 25.3. The normalized spacial score (nSPS) is 24.8. The number of carbonyl (C=O) groups is 1. The minimum Gasteiger partial charge on any atom is -0.360 e. The van der Waals surface area contributed by atoms with Crippen LogP contribution in [0.4, 0.5) is 0 Å². The van der Waals surface area contributed by atoms with Gasteiger partial charge in [-0.05, 0) is 58.1 Å². The Labute approximate surface area is 214 Å². The number of nitrogens with one attached hydrogen (secondary N) is 1. The highest BCUT2D eigenvalue weighted by atomic mass is 32.2. The molecule has 2 saturated heterocycles. The lowest BCUT2D eigenvalue weighted by atomic mass is 10.0. The van der Waals surface area contributed by atoms with Crippen LogP contribution in [0.3, 0.4) is 0 Å². The van der Waals surface area contributed by atoms with Crippen LogP contribution in [-0.4, -0.2) is 77.8 Å². The monoisotopic (exact) mass is 515 g/mol. The molecular weight excluding hydrogens is 478 g/mol. The lowest BCUT2D eigenvalue weighted by molar-refractivity contribution is 0.0902. The van der Waals surface area contributed by atoms with E-state index in [1.165, 1.54) is 5.56 Å². The van der Waals surface area contributed by atoms with E-state index in [4.69, 9.17) is 4.52 Å². The first-order valence-electron chi connectivity index (χ1n) is 13.1. The highest BCUT2D eigenvalue weighted by molar-refractivity contribution is 7.86. The van der Waals surface area contributed by atoms with E-state index in [2.05, 4.69) is 34.6 Å². The first-order chi connectivity index (χ1) is 17.3. The summed E-state index contributed by atoms with van der Waals surface area (Å²) >= 11 is 0. The van der Waals surface area contributed by atoms with Crippen molar-refractivity contribution >= 4 is 16.1 Å². The smallest absolute Gasteiger partial charge is 0.282 e. The Morgan fingerprint density at radius 1 is 1.11 bits per heavy atom. The summed E-state index contributed by atoms with van der Waals surface area (Å²) in [7, 11) is -1.42. The molecular formula is C26H37N5O4S. The van der Waals surface area contributed by atoms with Crippen molar-refractivity contribution in [3.05, 3.63) is 53.4 Å². The van der Waals surface area contributed by atoms with Crippen LogP contribution in [0.25, 0.3) is 0 Å². The maximum absolute atomic E-state index is 13.5. The van der Waals surface area contributed by atoms with Crippen LogP contribution in [0.15, 0.2) is 40.9 Å². The van der Waals surface area contributed by atoms with Crippen molar-refractivity contribution < 1.29 is 17.7 Å². The zero-order valence-electron chi connectivity index (χ0n) is 21.2. The third-order valence-electron chi connectivity index (χ3n) is 7.84. The molecule has 5 rings (SSSR count). The predicted molar refractivity (Wildman–Crippen MR) is 137 cm³/mol. The number of benzene rings is 1. The van der Waals surface area contributed by atoms with Crippen molar-refractivity contribution in [2.75, 3.05) is 26.7 Å². The maximum atomic E-state index is 13.5. The van der Waals surface area contributed by atoms with Crippen molar-refractivity contribution in [3.8, 4) is 0 Å². The molecule has 196 valence electrons. The molecule has 0 spiro atoms. The topological polar surface area (TPSA) is 99.0 Å². The van der Waals surface area contributed by atoms with Crippen molar-refractivity contribution in [2.24, 2.45) is 0 Å². The van der Waals surface area contributed by atoms with Crippen LogP contribution in [0.2, 0.25) is 0 Å². The third-order valence-corrected chi connectivity index (χ3v) is 9.99. The molecule has 3 heterocycles. The molecule has 1 N–H and O–H groups in total. The van der Waals surface area contributed by atoms with Gasteiger partial charge in [0.15, 0.2) is 5.69 Å². The van der Waals surface area contributed by atoms with Gasteiger partial charge in [0.25, 0.3) is 16.1 Å². The summed E-state index contributed by atoms with van der Waals surface area (Å²) in [6.45, 7) is 4.26. The molecule has 10 heteroatoms. The fraction of sp³-hybridized carbons (Fsp3) is 0.615. The Morgan fingerprint density at radius 2 is 1.83 bits per heavy atom. The van der Waals surface area contributed by atoms with Crippen molar-refractivity contribution in [3.63, 3.8) is 0 Å². The van der Waals surface area contributed by atoms with Crippen LogP contribution in [0.1, 0.15) is 73.2 Å². The average Bonchev–Trinajstić information content (AvgIpc) is 3.60. The molecule has 2 atom stereocenters. The van der Waals surface area contributed by atoms with Gasteiger partial charge in [-0.2, -0.15) is 17.0 Å². The molecule has 36 heavy (non-hydrogen) atoms. The van der Waals surface area contributed by atoms with Crippen LogP contribution < -0.4 is 5.32 Å². The van der Waals surface area contributed by atoms with Crippen LogP contribution >= 0.6 is 0 Å². The zero-order valence-corrected chi connectivity index (χ0v) is 22.0. The second-order valence-corrected chi connectivity index (χ2v) is 12.5. The van der Waals surface area contributed by atoms with E-state index in [-0.39, 0.29) is 18.0 Å². The minimum atomic E-state index is -3.54. The summed E-state index contributed by atoms with van der Waals surface area (Å²) in [4.78, 5) is 15.0. The average molecular weight is 516 g/mol. The number of nitrogens with zero attached hydrogens (tertiary/aromatic N) is 4. The second kappa shape index (κ2) is 10.6. The molecule has 2 aromatic rings. The van der Waals surface area contributed by atoms with Crippen LogP contribution in [0.5, 0.6) is 0 Å². The summed E-state index contributed by atoms with van der Waals surface area (Å²) < 4.78 is 35.5. The molecule has 1 amide bonds. The number of aromatic nitrogens is 1.